The summed E-state index contributed by atoms with van der Waals surface area (Å²) < 4.78 is 38.2. The van der Waals surface area contributed by atoms with Crippen molar-refractivity contribution in [3.05, 3.63) is 35.4 Å². The third-order valence-corrected chi connectivity index (χ3v) is 8.27. The first-order valence-corrected chi connectivity index (χ1v) is 11.5. The van der Waals surface area contributed by atoms with Crippen LogP contribution in [0.3, 0.4) is 0 Å². The zero-order valence-electron chi connectivity index (χ0n) is 16.3. The molecule has 29 heavy (non-hydrogen) atoms. The molecular weight excluding hydrogens is 397 g/mol. The Labute approximate surface area is 173 Å². The zero-order chi connectivity index (χ0) is 20.2. The largest absolute Gasteiger partial charge is 0.416 e. The van der Waals surface area contributed by atoms with Crippen LogP contribution in [0.4, 0.5) is 13.2 Å². The predicted octanol–water partition coefficient (Wildman–Crippen LogP) is 5.35. The highest BCUT2D eigenvalue weighted by Crippen LogP contribution is 2.60. The van der Waals surface area contributed by atoms with Crippen LogP contribution < -0.4 is 0 Å². The van der Waals surface area contributed by atoms with Crippen LogP contribution in [0.5, 0.6) is 0 Å². The molecule has 156 valence electrons. The fourth-order valence-corrected chi connectivity index (χ4v) is 7.34. The Kier molecular flexibility index (Phi) is 4.72. The Bertz CT molecular complexity index is 798. The SMILES string of the molecule is O=C(N1CCN=C1SCc1ccc(C(F)(F)F)cc1)C12CC3CC(CC(C3)C1)C2. The molecule has 6 rings (SSSR count). The summed E-state index contributed by atoms with van der Waals surface area (Å²) in [6.45, 7) is 1.25. The van der Waals surface area contributed by atoms with E-state index in [0.29, 0.717) is 36.6 Å². The van der Waals surface area contributed by atoms with Gasteiger partial charge in [-0.1, -0.05) is 23.9 Å². The summed E-state index contributed by atoms with van der Waals surface area (Å²) in [5, 5.41) is 0.741. The van der Waals surface area contributed by atoms with E-state index in [-0.39, 0.29) is 11.3 Å². The first-order chi connectivity index (χ1) is 13.8. The fraction of sp³-hybridized carbons (Fsp3) is 0.636. The van der Waals surface area contributed by atoms with E-state index in [4.69, 9.17) is 0 Å². The van der Waals surface area contributed by atoms with E-state index in [1.807, 2.05) is 4.90 Å². The van der Waals surface area contributed by atoms with Crippen molar-refractivity contribution < 1.29 is 18.0 Å². The Morgan fingerprint density at radius 3 is 2.21 bits per heavy atom. The number of alkyl halides is 3. The number of carbonyl (C=O) groups excluding carboxylic acids is 1. The van der Waals surface area contributed by atoms with Gasteiger partial charge in [-0.25, -0.2) is 0 Å². The number of thioether (sulfide) groups is 1. The maximum atomic E-state index is 13.6. The lowest BCUT2D eigenvalue weighted by Gasteiger charge is -2.56. The van der Waals surface area contributed by atoms with Gasteiger partial charge in [0.1, 0.15) is 0 Å². The molecule has 1 amide bonds. The monoisotopic (exact) mass is 422 g/mol. The summed E-state index contributed by atoms with van der Waals surface area (Å²) in [6.07, 6.45) is 2.69. The molecule has 0 atom stereocenters. The Balaban J connectivity index is 1.25. The Morgan fingerprint density at radius 1 is 1.07 bits per heavy atom. The van der Waals surface area contributed by atoms with Gasteiger partial charge >= 0.3 is 6.18 Å². The van der Waals surface area contributed by atoms with Gasteiger partial charge in [-0.2, -0.15) is 13.2 Å². The molecule has 4 bridgehead atoms. The number of halogens is 3. The van der Waals surface area contributed by atoms with Crippen LogP contribution >= 0.6 is 11.8 Å². The number of amidine groups is 1. The normalized spacial score (nSPS) is 33.3. The highest BCUT2D eigenvalue weighted by atomic mass is 32.2. The molecule has 0 radical (unpaired) electrons. The smallest absolute Gasteiger partial charge is 0.289 e. The van der Waals surface area contributed by atoms with Crippen molar-refractivity contribution in [2.24, 2.45) is 28.2 Å². The van der Waals surface area contributed by atoms with E-state index in [1.54, 1.807) is 0 Å². The first-order valence-electron chi connectivity index (χ1n) is 10.5. The van der Waals surface area contributed by atoms with Crippen LogP contribution in [0.15, 0.2) is 29.3 Å². The van der Waals surface area contributed by atoms with Crippen molar-refractivity contribution in [3.8, 4) is 0 Å². The minimum Gasteiger partial charge on any atom is -0.289 e. The summed E-state index contributed by atoms with van der Waals surface area (Å²) in [5.74, 6) is 2.92. The van der Waals surface area contributed by atoms with Crippen molar-refractivity contribution in [1.82, 2.24) is 4.90 Å². The number of amides is 1. The van der Waals surface area contributed by atoms with Gasteiger partial charge in [0.2, 0.25) is 5.91 Å². The van der Waals surface area contributed by atoms with Crippen molar-refractivity contribution >= 4 is 22.8 Å². The lowest BCUT2D eigenvalue weighted by molar-refractivity contribution is -0.152. The molecule has 1 heterocycles. The lowest BCUT2D eigenvalue weighted by atomic mass is 9.49. The van der Waals surface area contributed by atoms with Crippen LogP contribution in [0.25, 0.3) is 0 Å². The number of hydrogen-bond acceptors (Lipinski definition) is 3. The van der Waals surface area contributed by atoms with Crippen molar-refractivity contribution in [2.45, 2.75) is 50.5 Å². The second kappa shape index (κ2) is 7.03. The van der Waals surface area contributed by atoms with Gasteiger partial charge in [0.05, 0.1) is 17.5 Å². The van der Waals surface area contributed by atoms with E-state index in [1.165, 1.54) is 43.2 Å². The standard InChI is InChI=1S/C22H25F3N2OS/c23-22(24,25)18-3-1-14(2-4-18)13-29-20-26-5-6-27(20)19(28)21-10-15-7-16(11-21)9-17(8-15)12-21/h1-4,15-17H,5-13H2. The molecule has 4 aliphatic carbocycles. The van der Waals surface area contributed by atoms with E-state index < -0.39 is 11.7 Å². The fourth-order valence-electron chi connectivity index (χ4n) is 6.34. The topological polar surface area (TPSA) is 32.7 Å². The molecule has 4 saturated carbocycles. The zero-order valence-corrected chi connectivity index (χ0v) is 17.1. The summed E-state index contributed by atoms with van der Waals surface area (Å²) in [5.41, 5.74) is -0.0164. The van der Waals surface area contributed by atoms with Gasteiger partial charge in [0.25, 0.3) is 0 Å². The molecule has 0 unspecified atom stereocenters. The van der Waals surface area contributed by atoms with E-state index in [9.17, 15) is 18.0 Å². The number of hydrogen-bond donors (Lipinski definition) is 0. The minimum absolute atomic E-state index is 0.186. The number of nitrogens with zero attached hydrogens (tertiary/aromatic N) is 2. The Morgan fingerprint density at radius 2 is 1.66 bits per heavy atom. The molecule has 3 nitrogen and oxygen atoms in total. The van der Waals surface area contributed by atoms with Gasteiger partial charge in [-0.3, -0.25) is 14.7 Å². The highest BCUT2D eigenvalue weighted by molar-refractivity contribution is 8.13. The first kappa shape index (κ1) is 19.5. The van der Waals surface area contributed by atoms with E-state index >= 15 is 0 Å². The minimum atomic E-state index is -4.32. The second-order valence-corrected chi connectivity index (χ2v) is 10.2. The lowest BCUT2D eigenvalue weighted by Crippen LogP contribution is -2.55. The average molecular weight is 423 g/mol. The number of rotatable bonds is 3. The molecular formula is C22H25F3N2OS. The summed E-state index contributed by atoms with van der Waals surface area (Å²) >= 11 is 1.46. The van der Waals surface area contributed by atoms with Gasteiger partial charge in [0.15, 0.2) is 5.17 Å². The maximum Gasteiger partial charge on any atom is 0.416 e. The van der Waals surface area contributed by atoms with Gasteiger partial charge in [0, 0.05) is 12.3 Å². The molecule has 0 aromatic heterocycles. The van der Waals surface area contributed by atoms with Gasteiger partial charge < -0.3 is 0 Å². The van der Waals surface area contributed by atoms with E-state index in [2.05, 4.69) is 4.99 Å². The number of benzene rings is 1. The molecule has 0 saturated heterocycles. The quantitative estimate of drug-likeness (QED) is 0.658. The van der Waals surface area contributed by atoms with Crippen LogP contribution in [0.1, 0.15) is 49.7 Å². The summed E-state index contributed by atoms with van der Waals surface area (Å²) in [6, 6.07) is 5.25. The molecule has 0 N–H and O–H groups in total. The average Bonchev–Trinajstić information content (AvgIpc) is 3.12. The van der Waals surface area contributed by atoms with Crippen molar-refractivity contribution in [1.29, 1.82) is 0 Å². The highest BCUT2D eigenvalue weighted by Gasteiger charge is 2.56. The Hall–Kier alpha value is -1.50. The third-order valence-electron chi connectivity index (χ3n) is 7.19. The van der Waals surface area contributed by atoms with Crippen LogP contribution in [0, 0.1) is 23.2 Å². The van der Waals surface area contributed by atoms with Gasteiger partial charge in [-0.05, 0) is 74.0 Å². The van der Waals surface area contributed by atoms with Crippen LogP contribution in [0.2, 0.25) is 0 Å². The van der Waals surface area contributed by atoms with Gasteiger partial charge in [-0.15, -0.1) is 0 Å². The number of carbonyl (C=O) groups is 1. The molecule has 5 aliphatic rings. The molecule has 1 aromatic rings. The second-order valence-electron chi connectivity index (χ2n) is 9.30. The molecule has 4 fully saturated rings. The van der Waals surface area contributed by atoms with E-state index in [0.717, 1.165) is 42.1 Å². The maximum absolute atomic E-state index is 13.6. The number of aliphatic imine (C=N–C) groups is 1. The third kappa shape index (κ3) is 3.60. The summed E-state index contributed by atoms with van der Waals surface area (Å²) in [7, 11) is 0. The molecule has 7 heteroatoms. The molecule has 0 spiro atoms. The van der Waals surface area contributed by atoms with Crippen molar-refractivity contribution in [3.63, 3.8) is 0 Å². The predicted molar refractivity (Wildman–Crippen MR) is 107 cm³/mol. The molecule has 1 aromatic carbocycles. The van der Waals surface area contributed by atoms with Crippen LogP contribution in [-0.4, -0.2) is 29.1 Å². The van der Waals surface area contributed by atoms with Crippen LogP contribution in [-0.2, 0) is 16.7 Å². The summed E-state index contributed by atoms with van der Waals surface area (Å²) in [4.78, 5) is 20.0. The molecule has 1 aliphatic heterocycles. The van der Waals surface area contributed by atoms with Crippen molar-refractivity contribution in [2.75, 3.05) is 13.1 Å².